The molecule has 2 atom stereocenters. The van der Waals surface area contributed by atoms with Gasteiger partial charge >= 0.3 is 0 Å². The van der Waals surface area contributed by atoms with E-state index in [9.17, 15) is 5.11 Å². The number of ether oxygens (including phenoxy) is 1. The smallest absolute Gasteiger partial charge is 0.123 e. The molecule has 2 aromatic rings. The van der Waals surface area contributed by atoms with Crippen LogP contribution < -0.4 is 4.74 Å². The van der Waals surface area contributed by atoms with E-state index in [1.54, 1.807) is 13.2 Å². The fourth-order valence-electron chi connectivity index (χ4n) is 4.13. The van der Waals surface area contributed by atoms with E-state index in [1.807, 2.05) is 24.3 Å². The summed E-state index contributed by atoms with van der Waals surface area (Å²) in [4.78, 5) is 0. The molecular weight excluding hydrogens is 332 g/mol. The quantitative estimate of drug-likeness (QED) is 0.475. The first-order valence-electron chi connectivity index (χ1n) is 9.81. The first-order valence-corrected chi connectivity index (χ1v) is 9.81. The highest BCUT2D eigenvalue weighted by Crippen LogP contribution is 2.45. The zero-order valence-electron chi connectivity index (χ0n) is 16.8. The number of allylic oxidation sites excluding steroid dienone is 2. The Bertz CT molecular complexity index is 831. The molecule has 0 saturated carbocycles. The zero-order chi connectivity index (χ0) is 19.4. The Morgan fingerprint density at radius 2 is 1.85 bits per heavy atom. The third-order valence-corrected chi connectivity index (χ3v) is 5.64. The maximum Gasteiger partial charge on any atom is 0.123 e. The van der Waals surface area contributed by atoms with E-state index < -0.39 is 0 Å². The van der Waals surface area contributed by atoms with E-state index in [0.717, 1.165) is 29.5 Å². The third-order valence-electron chi connectivity index (χ3n) is 5.64. The van der Waals surface area contributed by atoms with Crippen LogP contribution in [0.1, 0.15) is 56.2 Å². The molecule has 0 heterocycles. The van der Waals surface area contributed by atoms with Gasteiger partial charge in [-0.2, -0.15) is 0 Å². The summed E-state index contributed by atoms with van der Waals surface area (Å²) in [7, 11) is 1.64. The molecule has 2 aromatic carbocycles. The van der Waals surface area contributed by atoms with Crippen LogP contribution >= 0.6 is 0 Å². The first-order chi connectivity index (χ1) is 13.0. The van der Waals surface area contributed by atoms with E-state index in [-0.39, 0.29) is 5.92 Å². The molecule has 0 aromatic heterocycles. The summed E-state index contributed by atoms with van der Waals surface area (Å²) in [5, 5.41) is 10.9. The second-order valence-electron chi connectivity index (χ2n) is 7.88. The highest BCUT2D eigenvalue weighted by Gasteiger charge is 2.30. The van der Waals surface area contributed by atoms with Gasteiger partial charge in [0.2, 0.25) is 0 Å². The van der Waals surface area contributed by atoms with Crippen LogP contribution in [0.2, 0.25) is 0 Å². The summed E-state index contributed by atoms with van der Waals surface area (Å²) in [6.45, 7) is 6.77. The molecule has 0 radical (unpaired) electrons. The highest BCUT2D eigenvalue weighted by atomic mass is 16.5. The van der Waals surface area contributed by atoms with Crippen LogP contribution in [0.25, 0.3) is 12.2 Å². The van der Waals surface area contributed by atoms with Gasteiger partial charge in [-0.3, -0.25) is 0 Å². The third kappa shape index (κ3) is 4.44. The van der Waals surface area contributed by atoms with Gasteiger partial charge in [0.25, 0.3) is 0 Å². The van der Waals surface area contributed by atoms with Crippen molar-refractivity contribution in [2.24, 2.45) is 11.8 Å². The van der Waals surface area contributed by atoms with Gasteiger partial charge < -0.3 is 9.84 Å². The van der Waals surface area contributed by atoms with E-state index in [2.05, 4.69) is 51.1 Å². The average molecular weight is 363 g/mol. The van der Waals surface area contributed by atoms with Crippen LogP contribution in [0.15, 0.2) is 54.1 Å². The van der Waals surface area contributed by atoms with Gasteiger partial charge in [0, 0.05) is 17.5 Å². The molecule has 0 saturated heterocycles. The molecular formula is C25H30O2. The van der Waals surface area contributed by atoms with Crippen molar-refractivity contribution >= 4 is 12.2 Å². The van der Waals surface area contributed by atoms with Crippen LogP contribution in [0, 0.1) is 11.8 Å². The monoisotopic (exact) mass is 362 g/mol. The molecule has 0 bridgehead atoms. The highest BCUT2D eigenvalue weighted by molar-refractivity contribution is 5.74. The molecule has 3 rings (SSSR count). The summed E-state index contributed by atoms with van der Waals surface area (Å²) in [6, 6.07) is 14.0. The minimum atomic E-state index is 0.222. The molecule has 0 fully saturated rings. The number of aromatic hydroxyl groups is 1. The minimum Gasteiger partial charge on any atom is -0.507 e. The van der Waals surface area contributed by atoms with Gasteiger partial charge in [-0.1, -0.05) is 68.0 Å². The predicted molar refractivity (Wildman–Crippen MR) is 114 cm³/mol. The van der Waals surface area contributed by atoms with Crippen LogP contribution in [0.5, 0.6) is 11.5 Å². The molecule has 1 aliphatic carbocycles. The Hall–Kier alpha value is -2.48. The fraction of sp³-hybridized carbons (Fsp3) is 0.360. The molecule has 27 heavy (non-hydrogen) atoms. The van der Waals surface area contributed by atoms with Crippen molar-refractivity contribution in [1.29, 1.82) is 0 Å². The number of rotatable bonds is 5. The molecule has 2 unspecified atom stereocenters. The molecule has 2 nitrogen and oxygen atoms in total. The lowest BCUT2D eigenvalue weighted by atomic mass is 9.71. The lowest BCUT2D eigenvalue weighted by molar-refractivity contribution is 0.309. The minimum absolute atomic E-state index is 0.222. The Labute approximate surface area is 163 Å². The summed E-state index contributed by atoms with van der Waals surface area (Å²) in [5.74, 6) is 2.31. The number of methoxy groups -OCH3 is 1. The van der Waals surface area contributed by atoms with Crippen molar-refractivity contribution in [2.75, 3.05) is 7.11 Å². The summed E-state index contributed by atoms with van der Waals surface area (Å²) < 4.78 is 5.42. The van der Waals surface area contributed by atoms with Crippen molar-refractivity contribution in [3.05, 3.63) is 70.8 Å². The molecule has 142 valence electrons. The normalized spacial score (nSPS) is 20.1. The molecule has 0 spiro atoms. The second-order valence-corrected chi connectivity index (χ2v) is 7.88. The SMILES string of the molecule is COc1cc(O)c(C2C=C(C)CCC2C(C)C)c(/C=C/c2ccccc2)c1. The molecule has 1 N–H and O–H groups in total. The standard InChI is InChI=1S/C25H30O2/c1-17(2)22-13-10-18(3)14-23(22)25-20(15-21(27-4)16-24(25)26)12-11-19-8-6-5-7-9-19/h5-9,11-12,14-17,22-23,26H,10,13H2,1-4H3/b12-11+. The van der Waals surface area contributed by atoms with Crippen LogP contribution in [-0.4, -0.2) is 12.2 Å². The predicted octanol–water partition coefficient (Wildman–Crippen LogP) is 6.67. The molecule has 2 heteroatoms. The zero-order valence-corrected chi connectivity index (χ0v) is 16.8. The fourth-order valence-corrected chi connectivity index (χ4v) is 4.13. The van der Waals surface area contributed by atoms with E-state index in [4.69, 9.17) is 4.74 Å². The van der Waals surface area contributed by atoms with Crippen molar-refractivity contribution in [1.82, 2.24) is 0 Å². The Morgan fingerprint density at radius 1 is 1.11 bits per heavy atom. The molecule has 0 aliphatic heterocycles. The number of hydrogen-bond acceptors (Lipinski definition) is 2. The number of phenols is 1. The Morgan fingerprint density at radius 3 is 2.52 bits per heavy atom. The topological polar surface area (TPSA) is 29.5 Å². The maximum absolute atomic E-state index is 10.9. The first kappa shape index (κ1) is 19.3. The van der Waals surface area contributed by atoms with E-state index in [1.165, 1.54) is 5.57 Å². The van der Waals surface area contributed by atoms with Crippen molar-refractivity contribution in [3.63, 3.8) is 0 Å². The van der Waals surface area contributed by atoms with Gasteiger partial charge in [-0.05, 0) is 48.8 Å². The summed E-state index contributed by atoms with van der Waals surface area (Å²) in [6.07, 6.45) is 8.86. The van der Waals surface area contributed by atoms with Crippen molar-refractivity contribution < 1.29 is 9.84 Å². The second kappa shape index (κ2) is 8.47. The lowest BCUT2D eigenvalue weighted by Crippen LogP contribution is -2.21. The van der Waals surface area contributed by atoms with E-state index >= 15 is 0 Å². The Balaban J connectivity index is 2.10. The number of hydrogen-bond donors (Lipinski definition) is 1. The Kier molecular flexibility index (Phi) is 6.05. The van der Waals surface area contributed by atoms with Crippen LogP contribution in [0.4, 0.5) is 0 Å². The molecule has 1 aliphatic rings. The largest absolute Gasteiger partial charge is 0.507 e. The van der Waals surface area contributed by atoms with Crippen LogP contribution in [-0.2, 0) is 0 Å². The summed E-state index contributed by atoms with van der Waals surface area (Å²) in [5.41, 5.74) is 4.59. The van der Waals surface area contributed by atoms with Gasteiger partial charge in [0.15, 0.2) is 0 Å². The number of phenolic OH excluding ortho intramolecular Hbond substituents is 1. The van der Waals surface area contributed by atoms with Crippen molar-refractivity contribution in [2.45, 2.75) is 39.5 Å². The van der Waals surface area contributed by atoms with Crippen LogP contribution in [0.3, 0.4) is 0 Å². The summed E-state index contributed by atoms with van der Waals surface area (Å²) >= 11 is 0. The lowest BCUT2D eigenvalue weighted by Gasteiger charge is -2.34. The van der Waals surface area contributed by atoms with Crippen molar-refractivity contribution in [3.8, 4) is 11.5 Å². The van der Waals surface area contributed by atoms with Gasteiger partial charge in [0.1, 0.15) is 11.5 Å². The number of benzene rings is 2. The van der Waals surface area contributed by atoms with E-state index in [0.29, 0.717) is 23.3 Å². The van der Waals surface area contributed by atoms with Gasteiger partial charge in [-0.15, -0.1) is 0 Å². The maximum atomic E-state index is 10.9. The molecule has 0 amide bonds. The van der Waals surface area contributed by atoms with Gasteiger partial charge in [0.05, 0.1) is 7.11 Å². The van der Waals surface area contributed by atoms with Gasteiger partial charge in [-0.25, -0.2) is 0 Å². The average Bonchev–Trinajstić information content (AvgIpc) is 2.66.